The molecule has 0 saturated heterocycles. The van der Waals surface area contributed by atoms with Gasteiger partial charge in [-0.3, -0.25) is 14.0 Å². The summed E-state index contributed by atoms with van der Waals surface area (Å²) in [5.74, 6) is -0.803. The molecule has 2 heterocycles. The lowest BCUT2D eigenvalue weighted by Crippen LogP contribution is -2.29. The van der Waals surface area contributed by atoms with Gasteiger partial charge in [0.2, 0.25) is 0 Å². The highest BCUT2D eigenvalue weighted by molar-refractivity contribution is 7.84. The smallest absolute Gasteiger partial charge is 0.255 e. The zero-order chi connectivity index (χ0) is 21.8. The minimum absolute atomic E-state index is 0.0166. The van der Waals surface area contributed by atoms with E-state index in [-0.39, 0.29) is 17.0 Å². The molecule has 0 bridgehead atoms. The number of hydrogen-bond donors (Lipinski definition) is 1. The van der Waals surface area contributed by atoms with Crippen LogP contribution in [0.1, 0.15) is 47.4 Å². The van der Waals surface area contributed by atoms with Crippen molar-refractivity contribution < 1.29 is 13.4 Å². The van der Waals surface area contributed by atoms with E-state index < -0.39 is 16.6 Å². The van der Waals surface area contributed by atoms with Gasteiger partial charge in [0.05, 0.1) is 49.9 Å². The molecule has 2 aromatic heterocycles. The van der Waals surface area contributed by atoms with Crippen LogP contribution >= 0.6 is 11.6 Å². The summed E-state index contributed by atoms with van der Waals surface area (Å²) in [7, 11) is -1.16. The second kappa shape index (κ2) is 9.49. The van der Waals surface area contributed by atoms with E-state index in [1.165, 1.54) is 23.0 Å². The zero-order valence-corrected chi connectivity index (χ0v) is 18.4. The SMILES string of the molecule is CCCC(NC(=O)c1cnn(-c2ccc(F)c(Cl)c2)c1C)c1cncc(S(C)=O)c1. The van der Waals surface area contributed by atoms with Crippen molar-refractivity contribution in [1.82, 2.24) is 20.1 Å². The van der Waals surface area contributed by atoms with Crippen molar-refractivity contribution in [3.63, 3.8) is 0 Å². The summed E-state index contributed by atoms with van der Waals surface area (Å²) in [4.78, 5) is 17.8. The second-order valence-corrected chi connectivity index (χ2v) is 8.66. The van der Waals surface area contributed by atoms with Gasteiger partial charge in [-0.15, -0.1) is 0 Å². The largest absolute Gasteiger partial charge is 0.345 e. The Labute approximate surface area is 181 Å². The molecule has 3 aromatic rings. The van der Waals surface area contributed by atoms with Crippen molar-refractivity contribution in [2.24, 2.45) is 0 Å². The molecule has 0 aliphatic rings. The molecule has 0 aliphatic carbocycles. The van der Waals surface area contributed by atoms with Crippen molar-refractivity contribution in [2.75, 3.05) is 6.26 Å². The minimum Gasteiger partial charge on any atom is -0.345 e. The van der Waals surface area contributed by atoms with Crippen LogP contribution < -0.4 is 5.32 Å². The Morgan fingerprint density at radius 3 is 2.73 bits per heavy atom. The Balaban J connectivity index is 1.86. The highest BCUT2D eigenvalue weighted by Crippen LogP contribution is 2.23. The molecule has 6 nitrogen and oxygen atoms in total. The van der Waals surface area contributed by atoms with Gasteiger partial charge >= 0.3 is 0 Å². The molecule has 2 atom stereocenters. The molecule has 0 aliphatic heterocycles. The number of amides is 1. The maximum absolute atomic E-state index is 13.5. The fourth-order valence-electron chi connectivity index (χ4n) is 3.14. The third-order valence-corrected chi connectivity index (χ3v) is 5.93. The quantitative estimate of drug-likeness (QED) is 0.582. The predicted molar refractivity (Wildman–Crippen MR) is 115 cm³/mol. The van der Waals surface area contributed by atoms with Crippen LogP contribution in [0.4, 0.5) is 4.39 Å². The van der Waals surface area contributed by atoms with Crippen LogP contribution in [-0.2, 0) is 10.8 Å². The molecule has 0 spiro atoms. The number of aromatic nitrogens is 3. The van der Waals surface area contributed by atoms with Crippen molar-refractivity contribution in [1.29, 1.82) is 0 Å². The second-order valence-electron chi connectivity index (χ2n) is 6.88. The summed E-state index contributed by atoms with van der Waals surface area (Å²) < 4.78 is 26.8. The highest BCUT2D eigenvalue weighted by atomic mass is 35.5. The summed E-state index contributed by atoms with van der Waals surface area (Å²) in [5, 5.41) is 7.27. The monoisotopic (exact) mass is 448 g/mol. The lowest BCUT2D eigenvalue weighted by atomic mass is 10.0. The van der Waals surface area contributed by atoms with Crippen molar-refractivity contribution >= 4 is 28.3 Å². The molecular weight excluding hydrogens is 427 g/mol. The molecule has 30 heavy (non-hydrogen) atoms. The molecule has 0 fully saturated rings. The fourth-order valence-corrected chi connectivity index (χ4v) is 3.83. The van der Waals surface area contributed by atoms with Crippen LogP contribution in [0, 0.1) is 12.7 Å². The Kier molecular flexibility index (Phi) is 6.99. The lowest BCUT2D eigenvalue weighted by Gasteiger charge is -2.19. The van der Waals surface area contributed by atoms with Crippen LogP contribution in [0.15, 0.2) is 47.8 Å². The zero-order valence-electron chi connectivity index (χ0n) is 16.9. The van der Waals surface area contributed by atoms with Crippen molar-refractivity contribution in [3.8, 4) is 5.69 Å². The molecule has 0 radical (unpaired) electrons. The van der Waals surface area contributed by atoms with E-state index in [0.717, 1.165) is 12.0 Å². The standard InChI is InChI=1S/C21H22ClFN4O2S/c1-4-5-20(14-8-16(30(3)29)11-24-10-14)26-21(28)17-12-25-27(13(17)2)15-6-7-19(23)18(22)9-15/h6-12,20H,4-5H2,1-3H3,(H,26,28). The molecule has 3 rings (SSSR count). The lowest BCUT2D eigenvalue weighted by molar-refractivity contribution is 0.0933. The van der Waals surface area contributed by atoms with Gasteiger partial charge in [-0.1, -0.05) is 24.9 Å². The number of carbonyl (C=O) groups excluding carboxylic acids is 1. The van der Waals surface area contributed by atoms with E-state index in [1.807, 2.05) is 6.92 Å². The molecule has 9 heteroatoms. The first-order valence-corrected chi connectivity index (χ1v) is 11.3. The molecule has 1 aromatic carbocycles. The highest BCUT2D eigenvalue weighted by Gasteiger charge is 2.20. The average Bonchev–Trinajstić information content (AvgIpc) is 3.11. The number of benzene rings is 1. The summed E-state index contributed by atoms with van der Waals surface area (Å²) >= 11 is 5.87. The van der Waals surface area contributed by atoms with Crippen LogP contribution in [0.5, 0.6) is 0 Å². The van der Waals surface area contributed by atoms with E-state index in [4.69, 9.17) is 11.6 Å². The number of nitrogens with zero attached hydrogens (tertiary/aromatic N) is 3. The average molecular weight is 449 g/mol. The normalized spacial score (nSPS) is 13.1. The van der Waals surface area contributed by atoms with Crippen molar-refractivity contribution in [3.05, 3.63) is 70.5 Å². The van der Waals surface area contributed by atoms with Crippen molar-refractivity contribution in [2.45, 2.75) is 37.6 Å². The number of hydrogen-bond acceptors (Lipinski definition) is 4. The number of pyridine rings is 1. The van der Waals surface area contributed by atoms with Gasteiger partial charge in [-0.05, 0) is 43.2 Å². The van der Waals surface area contributed by atoms with E-state index in [1.54, 1.807) is 37.7 Å². The number of nitrogens with one attached hydrogen (secondary N) is 1. The first kappa shape index (κ1) is 22.1. The maximum atomic E-state index is 13.5. The Morgan fingerprint density at radius 1 is 1.30 bits per heavy atom. The third-order valence-electron chi connectivity index (χ3n) is 4.75. The van der Waals surface area contributed by atoms with Gasteiger partial charge in [-0.2, -0.15) is 5.10 Å². The van der Waals surface area contributed by atoms with Gasteiger partial charge < -0.3 is 5.32 Å². The minimum atomic E-state index is -1.16. The molecular formula is C21H22ClFN4O2S. The topological polar surface area (TPSA) is 76.9 Å². The molecule has 2 unspecified atom stereocenters. The molecule has 1 amide bonds. The molecule has 158 valence electrons. The van der Waals surface area contributed by atoms with Gasteiger partial charge in [0.1, 0.15) is 5.82 Å². The van der Waals surface area contributed by atoms with E-state index >= 15 is 0 Å². The van der Waals surface area contributed by atoms with E-state index in [0.29, 0.717) is 28.3 Å². The van der Waals surface area contributed by atoms with Crippen LogP contribution in [0.3, 0.4) is 0 Å². The van der Waals surface area contributed by atoms with Crippen LogP contribution in [0.2, 0.25) is 5.02 Å². The van der Waals surface area contributed by atoms with Gasteiger partial charge in [-0.25, -0.2) is 9.07 Å². The Hall–Kier alpha value is -2.58. The summed E-state index contributed by atoms with van der Waals surface area (Å²) in [6.07, 6.45) is 7.85. The number of halogens is 2. The van der Waals surface area contributed by atoms with Crippen LogP contribution in [0.25, 0.3) is 5.69 Å². The number of rotatable bonds is 7. The summed E-state index contributed by atoms with van der Waals surface area (Å²) in [6, 6.07) is 5.79. The molecule has 0 saturated carbocycles. The first-order valence-electron chi connectivity index (χ1n) is 9.41. The van der Waals surface area contributed by atoms with Gasteiger partial charge in [0, 0.05) is 18.6 Å². The third kappa shape index (κ3) is 4.76. The Bertz CT molecular complexity index is 1100. The van der Waals surface area contributed by atoms with Gasteiger partial charge in [0.25, 0.3) is 5.91 Å². The Morgan fingerprint density at radius 2 is 2.07 bits per heavy atom. The maximum Gasteiger partial charge on any atom is 0.255 e. The summed E-state index contributed by atoms with van der Waals surface area (Å²) in [5.41, 5.74) is 2.37. The predicted octanol–water partition coefficient (Wildman–Crippen LogP) is 4.38. The molecule has 1 N–H and O–H groups in total. The van der Waals surface area contributed by atoms with E-state index in [2.05, 4.69) is 15.4 Å². The van der Waals surface area contributed by atoms with E-state index in [9.17, 15) is 13.4 Å². The first-order chi connectivity index (χ1) is 14.3. The number of carbonyl (C=O) groups is 1. The van der Waals surface area contributed by atoms with Gasteiger partial charge in [0.15, 0.2) is 0 Å². The van der Waals surface area contributed by atoms with Crippen LogP contribution in [-0.4, -0.2) is 31.1 Å². The fraction of sp³-hybridized carbons (Fsp3) is 0.286. The summed E-state index contributed by atoms with van der Waals surface area (Å²) in [6.45, 7) is 3.78.